The van der Waals surface area contributed by atoms with E-state index in [0.717, 1.165) is 12.1 Å². The van der Waals surface area contributed by atoms with Crippen molar-refractivity contribution in [2.24, 2.45) is 5.41 Å². The molecule has 1 unspecified atom stereocenters. The number of rotatable bonds is 10. The number of fused-ring (bicyclic) bond motifs is 1. The highest BCUT2D eigenvalue weighted by molar-refractivity contribution is 7.74. The molecule has 11 nitrogen and oxygen atoms in total. The number of nitrogens with one attached hydrogen (secondary N) is 2. The Labute approximate surface area is 236 Å². The predicted molar refractivity (Wildman–Crippen MR) is 148 cm³/mol. The van der Waals surface area contributed by atoms with Crippen LogP contribution in [0.15, 0.2) is 66.9 Å². The lowest BCUT2D eigenvalue weighted by atomic mass is 10.0. The highest BCUT2D eigenvalue weighted by Gasteiger charge is 2.56. The second-order valence-electron chi connectivity index (χ2n) is 9.09. The van der Waals surface area contributed by atoms with Gasteiger partial charge in [-0.15, -0.1) is 0 Å². The van der Waals surface area contributed by atoms with Crippen molar-refractivity contribution in [1.82, 2.24) is 4.98 Å². The maximum Gasteiger partial charge on any atom is 0.357 e. The van der Waals surface area contributed by atoms with Gasteiger partial charge in [-0.3, -0.25) is 19.1 Å². The first-order valence-corrected chi connectivity index (χ1v) is 13.3. The molecule has 1 aliphatic carbocycles. The molecule has 0 saturated heterocycles. The van der Waals surface area contributed by atoms with E-state index in [-0.39, 0.29) is 11.4 Å². The molecule has 1 saturated carbocycles. The molecule has 0 radical (unpaired) electrons. The maximum atomic E-state index is 13.6. The third-order valence-corrected chi connectivity index (χ3v) is 6.84. The maximum absolute atomic E-state index is 13.6. The van der Waals surface area contributed by atoms with Crippen molar-refractivity contribution >= 4 is 45.5 Å². The fourth-order valence-electron chi connectivity index (χ4n) is 4.19. The Morgan fingerprint density at radius 2 is 1.59 bits per heavy atom. The Morgan fingerprint density at radius 1 is 0.902 bits per heavy atom. The number of anilines is 2. The second-order valence-corrected chi connectivity index (χ2v) is 9.69. The molecule has 3 aromatic carbocycles. The predicted octanol–water partition coefficient (Wildman–Crippen LogP) is 5.06. The van der Waals surface area contributed by atoms with E-state index in [2.05, 4.69) is 19.8 Å². The highest BCUT2D eigenvalue weighted by Crippen LogP contribution is 2.48. The molecular weight excluding hydrogens is 557 g/mol. The van der Waals surface area contributed by atoms with Crippen LogP contribution in [0.25, 0.3) is 10.9 Å². The monoisotopic (exact) mass is 581 g/mol. The summed E-state index contributed by atoms with van der Waals surface area (Å²) < 4.78 is 55.1. The van der Waals surface area contributed by atoms with E-state index in [1.807, 2.05) is 0 Å². The van der Waals surface area contributed by atoms with Gasteiger partial charge in [0.05, 0.1) is 25.4 Å². The van der Waals surface area contributed by atoms with Crippen molar-refractivity contribution in [2.75, 3.05) is 24.9 Å². The van der Waals surface area contributed by atoms with E-state index in [4.69, 9.17) is 18.8 Å². The lowest BCUT2D eigenvalue weighted by Gasteiger charge is -2.17. The van der Waals surface area contributed by atoms with Gasteiger partial charge in [-0.2, -0.15) is 4.21 Å². The Hall–Kier alpha value is -4.75. The molecule has 1 aromatic heterocycles. The number of methoxy groups -OCH3 is 2. The van der Waals surface area contributed by atoms with Crippen molar-refractivity contribution in [3.63, 3.8) is 0 Å². The fraction of sp³-hybridized carbons (Fsp3) is 0.179. The van der Waals surface area contributed by atoms with Gasteiger partial charge in [0.15, 0.2) is 17.2 Å². The van der Waals surface area contributed by atoms with Crippen molar-refractivity contribution in [1.29, 1.82) is 0 Å². The first-order chi connectivity index (χ1) is 19.7. The molecule has 1 atom stereocenters. The first kappa shape index (κ1) is 27.8. The zero-order valence-corrected chi connectivity index (χ0v) is 22.6. The second kappa shape index (κ2) is 11.4. The summed E-state index contributed by atoms with van der Waals surface area (Å²) in [5, 5.41) is 5.95. The van der Waals surface area contributed by atoms with Crippen LogP contribution < -0.4 is 29.0 Å². The minimum atomic E-state index is -2.74. The van der Waals surface area contributed by atoms with Crippen LogP contribution in [0.4, 0.5) is 15.8 Å². The van der Waals surface area contributed by atoms with Gasteiger partial charge < -0.3 is 29.0 Å². The zero-order chi connectivity index (χ0) is 29.1. The number of hydrogen-bond donors (Lipinski definition) is 3. The minimum Gasteiger partial charge on any atom is -0.493 e. The van der Waals surface area contributed by atoms with Gasteiger partial charge in [-0.1, -0.05) is 0 Å². The molecule has 0 bridgehead atoms. The van der Waals surface area contributed by atoms with Gasteiger partial charge in [-0.25, -0.2) is 4.39 Å². The summed E-state index contributed by atoms with van der Waals surface area (Å²) in [5.74, 6) is -0.144. The molecule has 2 amide bonds. The van der Waals surface area contributed by atoms with Crippen molar-refractivity contribution in [2.45, 2.75) is 12.8 Å². The zero-order valence-electron chi connectivity index (χ0n) is 21.8. The Kier molecular flexibility index (Phi) is 7.72. The van der Waals surface area contributed by atoms with E-state index in [1.165, 1.54) is 13.2 Å². The smallest absolute Gasteiger partial charge is 0.357 e. The molecule has 1 heterocycles. The number of ether oxygens (including phenoxy) is 3. The molecule has 3 N–H and O–H groups in total. The molecular formula is C28H24FN3O8S. The normalized spacial score (nSPS) is 14.0. The average molecular weight is 582 g/mol. The Balaban J connectivity index is 1.27. The van der Waals surface area contributed by atoms with Crippen LogP contribution in [0.3, 0.4) is 0 Å². The van der Waals surface area contributed by atoms with Crippen LogP contribution in [-0.4, -0.2) is 39.8 Å². The number of benzene rings is 3. The summed E-state index contributed by atoms with van der Waals surface area (Å²) in [6, 6.07) is 14.9. The lowest BCUT2D eigenvalue weighted by Crippen LogP contribution is -2.35. The standard InChI is InChI=1S/C28H24FN3O8S/c1-37-24-14-19-21(15-25(24)38-2)30-12-9-22(19)39-18-6-4-17(5-7-18)31-26(33)28(10-11-28)27(34)32-20-8-3-16(29)13-23(20)40-41(35)36/h3-9,12-15H,10-11H2,1-2H3,(H,31,33)(H,32,34)(H,35,36). The SMILES string of the molecule is COc1cc2nccc(Oc3ccc(NC(=O)C4(C(=O)Nc5ccc(F)cc5OS(=O)O)CC4)cc3)c2cc1OC. The molecule has 0 aliphatic heterocycles. The third-order valence-electron chi connectivity index (χ3n) is 6.52. The van der Waals surface area contributed by atoms with Gasteiger partial charge in [0.25, 0.3) is 0 Å². The number of aromatic nitrogens is 1. The van der Waals surface area contributed by atoms with E-state index >= 15 is 0 Å². The number of nitrogens with zero attached hydrogens (tertiary/aromatic N) is 1. The average Bonchev–Trinajstić information content (AvgIpc) is 3.77. The Morgan fingerprint density at radius 3 is 2.24 bits per heavy atom. The quantitative estimate of drug-likeness (QED) is 0.173. The van der Waals surface area contributed by atoms with Crippen LogP contribution in [0.5, 0.6) is 28.7 Å². The minimum absolute atomic E-state index is 0.0425. The van der Waals surface area contributed by atoms with E-state index in [0.29, 0.717) is 52.4 Å². The van der Waals surface area contributed by atoms with Gasteiger partial charge in [0, 0.05) is 29.4 Å². The molecule has 1 aliphatic rings. The molecule has 4 aromatic rings. The lowest BCUT2D eigenvalue weighted by molar-refractivity contribution is -0.131. The topological polar surface area (TPSA) is 145 Å². The summed E-state index contributed by atoms with van der Waals surface area (Å²) in [6.45, 7) is 0. The summed E-state index contributed by atoms with van der Waals surface area (Å²) in [4.78, 5) is 30.4. The summed E-state index contributed by atoms with van der Waals surface area (Å²) in [6.07, 6.45) is 2.19. The van der Waals surface area contributed by atoms with Crippen molar-refractivity contribution in [3.8, 4) is 28.7 Å². The van der Waals surface area contributed by atoms with Crippen LogP contribution in [-0.2, 0) is 21.0 Å². The van der Waals surface area contributed by atoms with Crippen molar-refractivity contribution < 1.29 is 41.1 Å². The van der Waals surface area contributed by atoms with Gasteiger partial charge >= 0.3 is 11.4 Å². The van der Waals surface area contributed by atoms with Gasteiger partial charge in [-0.05, 0) is 61.4 Å². The van der Waals surface area contributed by atoms with E-state index in [9.17, 15) is 18.2 Å². The fourth-order valence-corrected chi connectivity index (χ4v) is 4.48. The third kappa shape index (κ3) is 5.90. The number of carbonyl (C=O) groups excluding carboxylic acids is 2. The summed E-state index contributed by atoms with van der Waals surface area (Å²) >= 11 is -2.74. The van der Waals surface area contributed by atoms with Gasteiger partial charge in [0.2, 0.25) is 11.8 Å². The molecule has 0 spiro atoms. The van der Waals surface area contributed by atoms with Gasteiger partial charge in [0.1, 0.15) is 22.7 Å². The van der Waals surface area contributed by atoms with Crippen LogP contribution in [0, 0.1) is 11.2 Å². The first-order valence-electron chi connectivity index (χ1n) is 12.2. The highest BCUT2D eigenvalue weighted by atomic mass is 32.2. The molecule has 5 rings (SSSR count). The molecule has 13 heteroatoms. The summed E-state index contributed by atoms with van der Waals surface area (Å²) in [7, 11) is 3.08. The Bertz CT molecular complexity index is 1660. The van der Waals surface area contributed by atoms with Crippen molar-refractivity contribution in [3.05, 3.63) is 72.7 Å². The summed E-state index contributed by atoms with van der Waals surface area (Å²) in [5.41, 5.74) is -0.302. The number of hydrogen-bond acceptors (Lipinski definition) is 8. The number of amides is 2. The number of carbonyl (C=O) groups is 2. The molecule has 1 fully saturated rings. The number of halogens is 1. The van der Waals surface area contributed by atoms with Crippen LogP contribution in [0.1, 0.15) is 12.8 Å². The van der Waals surface area contributed by atoms with E-state index in [1.54, 1.807) is 55.8 Å². The molecule has 41 heavy (non-hydrogen) atoms. The number of pyridine rings is 1. The molecule has 212 valence electrons. The van der Waals surface area contributed by atoms with Crippen LogP contribution in [0.2, 0.25) is 0 Å². The van der Waals surface area contributed by atoms with Crippen LogP contribution >= 0.6 is 0 Å². The largest absolute Gasteiger partial charge is 0.493 e. The van der Waals surface area contributed by atoms with E-state index < -0.39 is 34.4 Å².